The summed E-state index contributed by atoms with van der Waals surface area (Å²) in [6.07, 6.45) is 1.54. The highest BCUT2D eigenvalue weighted by Gasteiger charge is 2.15. The van der Waals surface area contributed by atoms with Gasteiger partial charge in [-0.15, -0.1) is 11.3 Å². The van der Waals surface area contributed by atoms with Crippen molar-refractivity contribution in [2.75, 3.05) is 0 Å². The van der Waals surface area contributed by atoms with Crippen LogP contribution in [0.25, 0.3) is 32.5 Å². The maximum Gasteiger partial charge on any atom is 0.231 e. The zero-order chi connectivity index (χ0) is 19.6. The fourth-order valence-corrected chi connectivity index (χ4v) is 4.26. The fourth-order valence-electron chi connectivity index (χ4n) is 3.22. The molecular weight excluding hydrogens is 400 g/mol. The largest absolute Gasteiger partial charge is 0.438 e. The predicted octanol–water partition coefficient (Wildman–Crippen LogP) is 7.47. The highest BCUT2D eigenvalue weighted by atomic mass is 35.5. The van der Waals surface area contributed by atoms with E-state index in [1.807, 2.05) is 54.6 Å². The van der Waals surface area contributed by atoms with E-state index >= 15 is 0 Å². The summed E-state index contributed by atoms with van der Waals surface area (Å²) >= 11 is 7.61. The molecule has 0 spiro atoms. The summed E-state index contributed by atoms with van der Waals surface area (Å²) in [6, 6.07) is 26.0. The van der Waals surface area contributed by atoms with Crippen LogP contribution in [0, 0.1) is 0 Å². The van der Waals surface area contributed by atoms with Crippen molar-refractivity contribution in [3.63, 3.8) is 0 Å². The zero-order valence-electron chi connectivity index (χ0n) is 15.2. The van der Waals surface area contributed by atoms with Crippen LogP contribution in [0.15, 0.2) is 90.6 Å². The minimum absolute atomic E-state index is 0.550. The van der Waals surface area contributed by atoms with Gasteiger partial charge in [-0.2, -0.15) is 0 Å². The minimum Gasteiger partial charge on any atom is -0.438 e. The Hall–Kier alpha value is -3.21. The predicted molar refractivity (Wildman–Crippen MR) is 120 cm³/mol. The van der Waals surface area contributed by atoms with Gasteiger partial charge in [0.2, 0.25) is 5.88 Å². The van der Waals surface area contributed by atoms with Crippen molar-refractivity contribution in [1.82, 2.24) is 9.97 Å². The van der Waals surface area contributed by atoms with Crippen LogP contribution in [0.3, 0.4) is 0 Å². The second-order valence-electron chi connectivity index (χ2n) is 6.51. The monoisotopic (exact) mass is 414 g/mol. The summed E-state index contributed by atoms with van der Waals surface area (Å²) in [5, 5.41) is 3.69. The van der Waals surface area contributed by atoms with E-state index in [9.17, 15) is 0 Å². The number of ether oxygens (including phenoxy) is 1. The Balaban J connectivity index is 1.51. The average Bonchev–Trinajstić information content (AvgIpc) is 3.21. The molecule has 2 aromatic heterocycles. The number of hydrogen-bond acceptors (Lipinski definition) is 4. The summed E-state index contributed by atoms with van der Waals surface area (Å²) in [5.74, 6) is 1.28. The van der Waals surface area contributed by atoms with Crippen LogP contribution in [0.5, 0.6) is 11.6 Å². The lowest BCUT2D eigenvalue weighted by Gasteiger charge is -2.09. The van der Waals surface area contributed by atoms with Gasteiger partial charge in [-0.25, -0.2) is 9.97 Å². The normalized spacial score (nSPS) is 10.9. The molecule has 0 N–H and O–H groups in total. The molecule has 3 aromatic carbocycles. The van der Waals surface area contributed by atoms with Gasteiger partial charge in [0.25, 0.3) is 0 Å². The van der Waals surface area contributed by atoms with Gasteiger partial charge in [-0.1, -0.05) is 66.2 Å². The lowest BCUT2D eigenvalue weighted by molar-refractivity contribution is 0.468. The van der Waals surface area contributed by atoms with E-state index < -0.39 is 0 Å². The molecule has 0 unspecified atom stereocenters. The van der Waals surface area contributed by atoms with E-state index in [1.54, 1.807) is 11.3 Å². The molecule has 2 heterocycles. The maximum absolute atomic E-state index is 6.16. The molecule has 0 atom stereocenters. The third-order valence-electron chi connectivity index (χ3n) is 4.67. The van der Waals surface area contributed by atoms with Gasteiger partial charge in [0.1, 0.15) is 16.9 Å². The Morgan fingerprint density at radius 3 is 2.17 bits per heavy atom. The first kappa shape index (κ1) is 17.9. The number of rotatable bonds is 4. The number of aromatic nitrogens is 2. The molecule has 5 rings (SSSR count). The van der Waals surface area contributed by atoms with Gasteiger partial charge in [0.15, 0.2) is 0 Å². The number of benzene rings is 3. The number of halogens is 1. The molecule has 5 aromatic rings. The Labute approximate surface area is 177 Å². The first-order chi connectivity index (χ1) is 14.3. The second kappa shape index (κ2) is 7.66. The highest BCUT2D eigenvalue weighted by molar-refractivity contribution is 7.17. The summed E-state index contributed by atoms with van der Waals surface area (Å²) in [5.41, 5.74) is 4.41. The number of hydrogen-bond donors (Lipinski definition) is 0. The number of nitrogens with zero attached hydrogens (tertiary/aromatic N) is 2. The van der Waals surface area contributed by atoms with Crippen LogP contribution >= 0.6 is 22.9 Å². The fraction of sp³-hybridized carbons (Fsp3) is 0. The van der Waals surface area contributed by atoms with Gasteiger partial charge < -0.3 is 4.74 Å². The van der Waals surface area contributed by atoms with Crippen molar-refractivity contribution < 1.29 is 4.74 Å². The van der Waals surface area contributed by atoms with Gasteiger partial charge in [0.05, 0.1) is 5.39 Å². The first-order valence-electron chi connectivity index (χ1n) is 9.09. The topological polar surface area (TPSA) is 35.0 Å². The van der Waals surface area contributed by atoms with Gasteiger partial charge in [-0.3, -0.25) is 0 Å². The first-order valence-corrected chi connectivity index (χ1v) is 10.4. The van der Waals surface area contributed by atoms with Crippen molar-refractivity contribution >= 4 is 33.2 Å². The molecule has 0 aliphatic heterocycles. The maximum atomic E-state index is 6.16. The molecule has 29 heavy (non-hydrogen) atoms. The van der Waals surface area contributed by atoms with E-state index in [0.717, 1.165) is 32.7 Å². The zero-order valence-corrected chi connectivity index (χ0v) is 16.8. The summed E-state index contributed by atoms with van der Waals surface area (Å²) in [7, 11) is 0. The van der Waals surface area contributed by atoms with E-state index in [4.69, 9.17) is 16.3 Å². The second-order valence-corrected chi connectivity index (χ2v) is 7.80. The third-order valence-corrected chi connectivity index (χ3v) is 5.80. The molecule has 0 bridgehead atoms. The van der Waals surface area contributed by atoms with E-state index in [1.165, 1.54) is 11.9 Å². The molecule has 0 radical (unpaired) electrons. The molecule has 0 aliphatic rings. The van der Waals surface area contributed by atoms with Crippen LogP contribution in [0.1, 0.15) is 0 Å². The summed E-state index contributed by atoms with van der Waals surface area (Å²) in [4.78, 5) is 9.70. The molecule has 0 saturated carbocycles. The quantitative estimate of drug-likeness (QED) is 0.306. The molecule has 140 valence electrons. The third kappa shape index (κ3) is 3.60. The smallest absolute Gasteiger partial charge is 0.231 e. The van der Waals surface area contributed by atoms with Gasteiger partial charge in [-0.05, 0) is 41.0 Å². The highest BCUT2D eigenvalue weighted by Crippen LogP contribution is 2.39. The lowest BCUT2D eigenvalue weighted by atomic mass is 10.1. The number of fused-ring (bicyclic) bond motifs is 1. The Morgan fingerprint density at radius 2 is 1.41 bits per heavy atom. The summed E-state index contributed by atoms with van der Waals surface area (Å²) < 4.78 is 6.16. The molecule has 0 fully saturated rings. The van der Waals surface area contributed by atoms with Crippen LogP contribution in [-0.4, -0.2) is 9.97 Å². The van der Waals surface area contributed by atoms with Gasteiger partial charge >= 0.3 is 0 Å². The van der Waals surface area contributed by atoms with Gasteiger partial charge in [0, 0.05) is 16.0 Å². The average molecular weight is 415 g/mol. The molecule has 0 aliphatic carbocycles. The molecule has 0 amide bonds. The Kier molecular flexibility index (Phi) is 4.72. The van der Waals surface area contributed by atoms with Crippen molar-refractivity contribution in [3.8, 4) is 33.9 Å². The minimum atomic E-state index is 0.550. The van der Waals surface area contributed by atoms with E-state index in [2.05, 4.69) is 39.6 Å². The Bertz CT molecular complexity index is 1270. The van der Waals surface area contributed by atoms with Crippen molar-refractivity contribution in [2.24, 2.45) is 0 Å². The summed E-state index contributed by atoms with van der Waals surface area (Å²) in [6.45, 7) is 0. The number of thiophene rings is 1. The molecule has 5 heteroatoms. The van der Waals surface area contributed by atoms with Crippen LogP contribution in [0.4, 0.5) is 0 Å². The Morgan fingerprint density at radius 1 is 0.724 bits per heavy atom. The molecular formula is C24H15ClN2OS. The van der Waals surface area contributed by atoms with Crippen LogP contribution in [0.2, 0.25) is 5.02 Å². The van der Waals surface area contributed by atoms with Crippen molar-refractivity contribution in [1.29, 1.82) is 0 Å². The van der Waals surface area contributed by atoms with E-state index in [0.29, 0.717) is 10.9 Å². The molecule has 3 nitrogen and oxygen atoms in total. The van der Waals surface area contributed by atoms with E-state index in [-0.39, 0.29) is 0 Å². The van der Waals surface area contributed by atoms with Crippen molar-refractivity contribution in [2.45, 2.75) is 0 Å². The molecule has 0 saturated heterocycles. The van der Waals surface area contributed by atoms with Crippen LogP contribution < -0.4 is 4.74 Å². The van der Waals surface area contributed by atoms with Crippen molar-refractivity contribution in [3.05, 3.63) is 95.6 Å². The van der Waals surface area contributed by atoms with Crippen LogP contribution in [-0.2, 0) is 0 Å². The SMILES string of the molecule is Clc1ccc(-c2csc3ncnc(Oc4ccc(-c5ccccc5)cc4)c23)cc1. The lowest BCUT2D eigenvalue weighted by Crippen LogP contribution is -1.91. The standard InChI is InChI=1S/C24H15ClN2OS/c25-19-10-6-18(7-11-19)21-14-29-24-22(21)23(26-15-27-24)28-20-12-8-17(9-13-20)16-4-2-1-3-5-16/h1-15H.